The van der Waals surface area contributed by atoms with Gasteiger partial charge in [0.25, 0.3) is 0 Å². The van der Waals surface area contributed by atoms with Crippen molar-refractivity contribution in [2.75, 3.05) is 13.7 Å². The minimum atomic E-state index is 0.0482. The summed E-state index contributed by atoms with van der Waals surface area (Å²) in [5, 5.41) is 3.53. The van der Waals surface area contributed by atoms with Crippen LogP contribution in [0.4, 0.5) is 0 Å². The molecule has 0 spiro atoms. The van der Waals surface area contributed by atoms with Crippen molar-refractivity contribution in [3.05, 3.63) is 47.5 Å². The highest BCUT2D eigenvalue weighted by Gasteiger charge is 2.21. The fourth-order valence-corrected chi connectivity index (χ4v) is 2.61. The second-order valence-corrected chi connectivity index (χ2v) is 5.21. The number of nitrogens with one attached hydrogen (secondary N) is 1. The highest BCUT2D eigenvalue weighted by atomic mass is 16.5. The summed E-state index contributed by atoms with van der Waals surface area (Å²) in [5.41, 5.74) is 2.33. The Balaban J connectivity index is 2.45. The maximum atomic E-state index is 5.57. The number of nitrogens with zero attached hydrogens (tertiary/aromatic N) is 2. The topological polar surface area (TPSA) is 39.1 Å². The highest BCUT2D eigenvalue weighted by molar-refractivity contribution is 5.41. The van der Waals surface area contributed by atoms with Crippen LogP contribution in [0.25, 0.3) is 0 Å². The summed E-state index contributed by atoms with van der Waals surface area (Å²) in [5.74, 6) is 1.95. The maximum Gasteiger partial charge on any atom is 0.130 e. The van der Waals surface area contributed by atoms with Crippen molar-refractivity contribution < 1.29 is 4.74 Å². The smallest absolute Gasteiger partial charge is 0.130 e. The molecule has 1 N–H and O–H groups in total. The highest BCUT2D eigenvalue weighted by Crippen LogP contribution is 2.30. The molecule has 1 heterocycles. The van der Waals surface area contributed by atoms with E-state index in [1.54, 1.807) is 7.11 Å². The van der Waals surface area contributed by atoms with Crippen LogP contribution in [0.5, 0.6) is 5.75 Å². The first-order chi connectivity index (χ1) is 10.2. The Morgan fingerprint density at radius 2 is 2.14 bits per heavy atom. The van der Waals surface area contributed by atoms with Gasteiger partial charge in [-0.25, -0.2) is 4.98 Å². The first-order valence-electron chi connectivity index (χ1n) is 7.60. The lowest BCUT2D eigenvalue weighted by Gasteiger charge is -2.22. The van der Waals surface area contributed by atoms with Crippen LogP contribution < -0.4 is 10.1 Å². The molecule has 4 heteroatoms. The Kier molecular flexibility index (Phi) is 5.39. The van der Waals surface area contributed by atoms with Crippen LogP contribution in [-0.2, 0) is 6.54 Å². The first kappa shape index (κ1) is 15.6. The Bertz CT molecular complexity index is 577. The normalized spacial score (nSPS) is 12.4. The third-order valence-corrected chi connectivity index (χ3v) is 3.58. The number of aryl methyl sites for hydroxylation is 2. The first-order valence-corrected chi connectivity index (χ1v) is 7.60. The number of benzene rings is 1. The molecule has 2 aromatic rings. The molecule has 0 radical (unpaired) electrons. The number of ether oxygens (including phenoxy) is 1. The van der Waals surface area contributed by atoms with Crippen molar-refractivity contribution in [3.63, 3.8) is 0 Å². The summed E-state index contributed by atoms with van der Waals surface area (Å²) in [4.78, 5) is 4.57. The minimum Gasteiger partial charge on any atom is -0.496 e. The van der Waals surface area contributed by atoms with Crippen LogP contribution in [0.3, 0.4) is 0 Å². The van der Waals surface area contributed by atoms with Crippen LogP contribution >= 0.6 is 0 Å². The van der Waals surface area contributed by atoms with E-state index in [4.69, 9.17) is 4.74 Å². The second-order valence-electron chi connectivity index (χ2n) is 5.21. The molecule has 0 saturated heterocycles. The molecule has 1 aromatic carbocycles. The van der Waals surface area contributed by atoms with Crippen molar-refractivity contribution in [3.8, 4) is 5.75 Å². The van der Waals surface area contributed by atoms with E-state index >= 15 is 0 Å². The van der Waals surface area contributed by atoms with Crippen molar-refractivity contribution in [2.24, 2.45) is 0 Å². The quantitative estimate of drug-likeness (QED) is 0.849. The summed E-state index contributed by atoms with van der Waals surface area (Å²) in [6.07, 6.45) is 5.01. The molecule has 0 saturated carbocycles. The van der Waals surface area contributed by atoms with E-state index in [1.807, 2.05) is 12.4 Å². The average molecular weight is 287 g/mol. The van der Waals surface area contributed by atoms with E-state index in [1.165, 1.54) is 5.56 Å². The lowest BCUT2D eigenvalue weighted by atomic mass is 10.0. The minimum absolute atomic E-state index is 0.0482. The van der Waals surface area contributed by atoms with E-state index in [0.717, 1.165) is 36.6 Å². The van der Waals surface area contributed by atoms with Gasteiger partial charge in [-0.15, -0.1) is 0 Å². The van der Waals surface area contributed by atoms with Gasteiger partial charge < -0.3 is 14.6 Å². The summed E-state index contributed by atoms with van der Waals surface area (Å²) < 4.78 is 7.79. The summed E-state index contributed by atoms with van der Waals surface area (Å²) in [6, 6.07) is 6.38. The van der Waals surface area contributed by atoms with Crippen molar-refractivity contribution in [1.82, 2.24) is 14.9 Å². The Morgan fingerprint density at radius 1 is 1.33 bits per heavy atom. The number of rotatable bonds is 7. The van der Waals surface area contributed by atoms with Crippen LogP contribution in [-0.4, -0.2) is 23.2 Å². The summed E-state index contributed by atoms with van der Waals surface area (Å²) in [7, 11) is 1.72. The number of methoxy groups -OCH3 is 1. The molecule has 4 nitrogen and oxygen atoms in total. The number of hydrogen-bond donors (Lipinski definition) is 1. The monoisotopic (exact) mass is 287 g/mol. The van der Waals surface area contributed by atoms with Gasteiger partial charge in [-0.05, 0) is 31.5 Å². The molecule has 0 amide bonds. The van der Waals surface area contributed by atoms with Crippen LogP contribution in [0.15, 0.2) is 30.6 Å². The lowest BCUT2D eigenvalue weighted by molar-refractivity contribution is 0.401. The SMILES string of the molecule is CCCn1ccnc1C(NCC)c1ccc(C)cc1OC. The Labute approximate surface area is 127 Å². The van der Waals surface area contributed by atoms with Gasteiger partial charge in [-0.3, -0.25) is 0 Å². The molecule has 0 fully saturated rings. The van der Waals surface area contributed by atoms with E-state index in [9.17, 15) is 0 Å². The molecular formula is C17H25N3O. The van der Waals surface area contributed by atoms with Gasteiger partial charge in [0, 0.05) is 24.5 Å². The van der Waals surface area contributed by atoms with E-state index < -0.39 is 0 Å². The fourth-order valence-electron chi connectivity index (χ4n) is 2.61. The van der Waals surface area contributed by atoms with Crippen molar-refractivity contribution in [2.45, 2.75) is 39.8 Å². The van der Waals surface area contributed by atoms with Gasteiger partial charge >= 0.3 is 0 Å². The van der Waals surface area contributed by atoms with Crippen molar-refractivity contribution >= 4 is 0 Å². The number of aromatic nitrogens is 2. The summed E-state index contributed by atoms with van der Waals surface area (Å²) >= 11 is 0. The average Bonchev–Trinajstić information content (AvgIpc) is 2.93. The second kappa shape index (κ2) is 7.27. The molecule has 1 atom stereocenters. The molecule has 1 unspecified atom stereocenters. The van der Waals surface area contributed by atoms with Crippen LogP contribution in [0, 0.1) is 6.92 Å². The molecule has 21 heavy (non-hydrogen) atoms. The molecule has 2 rings (SSSR count). The van der Waals surface area contributed by atoms with Gasteiger partial charge in [0.05, 0.1) is 13.2 Å². The molecule has 0 aliphatic carbocycles. The standard InChI is InChI=1S/C17H25N3O/c1-5-10-20-11-9-19-17(20)16(18-6-2)14-8-7-13(3)12-15(14)21-4/h7-9,11-12,16,18H,5-6,10H2,1-4H3. The van der Waals surface area contributed by atoms with Crippen LogP contribution in [0.2, 0.25) is 0 Å². The van der Waals surface area contributed by atoms with E-state index in [2.05, 4.69) is 53.8 Å². The number of imidazole rings is 1. The van der Waals surface area contributed by atoms with Crippen LogP contribution in [0.1, 0.15) is 43.3 Å². The predicted octanol–water partition coefficient (Wildman–Crippen LogP) is 3.31. The van der Waals surface area contributed by atoms with E-state index in [0.29, 0.717) is 0 Å². The zero-order chi connectivity index (χ0) is 15.2. The molecule has 0 aliphatic heterocycles. The Morgan fingerprint density at radius 3 is 2.81 bits per heavy atom. The van der Waals surface area contributed by atoms with Gasteiger partial charge in [0.15, 0.2) is 0 Å². The maximum absolute atomic E-state index is 5.57. The largest absolute Gasteiger partial charge is 0.496 e. The molecule has 0 bridgehead atoms. The lowest BCUT2D eigenvalue weighted by Crippen LogP contribution is -2.26. The Hall–Kier alpha value is -1.81. The third-order valence-electron chi connectivity index (χ3n) is 3.58. The van der Waals surface area contributed by atoms with Gasteiger partial charge in [-0.1, -0.05) is 26.0 Å². The van der Waals surface area contributed by atoms with Crippen molar-refractivity contribution in [1.29, 1.82) is 0 Å². The van der Waals surface area contributed by atoms with E-state index in [-0.39, 0.29) is 6.04 Å². The van der Waals surface area contributed by atoms with Gasteiger partial charge in [0.1, 0.15) is 11.6 Å². The molecule has 0 aliphatic rings. The third kappa shape index (κ3) is 3.45. The summed E-state index contributed by atoms with van der Waals surface area (Å²) in [6.45, 7) is 8.22. The molecule has 114 valence electrons. The molecular weight excluding hydrogens is 262 g/mol. The predicted molar refractivity (Wildman–Crippen MR) is 85.8 cm³/mol. The van der Waals surface area contributed by atoms with Gasteiger partial charge in [0.2, 0.25) is 0 Å². The zero-order valence-electron chi connectivity index (χ0n) is 13.4. The number of hydrogen-bond acceptors (Lipinski definition) is 3. The zero-order valence-corrected chi connectivity index (χ0v) is 13.4. The van der Waals surface area contributed by atoms with Gasteiger partial charge in [-0.2, -0.15) is 0 Å². The fraction of sp³-hybridized carbons (Fsp3) is 0.471. The molecule has 1 aromatic heterocycles.